The smallest absolute Gasteiger partial charge is 0.319 e. The van der Waals surface area contributed by atoms with Gasteiger partial charge in [-0.2, -0.15) is 0 Å². The van der Waals surface area contributed by atoms with Crippen LogP contribution in [0.4, 0.5) is 19.3 Å². The second-order valence-corrected chi connectivity index (χ2v) is 7.50. The fourth-order valence-corrected chi connectivity index (χ4v) is 3.36. The van der Waals surface area contributed by atoms with Gasteiger partial charge in [0, 0.05) is 24.9 Å². The maximum absolute atomic E-state index is 14.3. The number of carboxylic acid groups (broad SMARTS) is 1. The molecule has 0 aliphatic carbocycles. The molecular formula is C23H21F2N3O5. The molecule has 1 aromatic heterocycles. The van der Waals surface area contributed by atoms with Crippen LogP contribution in [0.15, 0.2) is 53.5 Å². The van der Waals surface area contributed by atoms with Gasteiger partial charge in [-0.15, -0.1) is 0 Å². The van der Waals surface area contributed by atoms with Crippen molar-refractivity contribution in [1.29, 1.82) is 0 Å². The van der Waals surface area contributed by atoms with Crippen LogP contribution in [0.1, 0.15) is 23.6 Å². The second-order valence-electron chi connectivity index (χ2n) is 7.50. The third kappa shape index (κ3) is 5.53. The van der Waals surface area contributed by atoms with Crippen molar-refractivity contribution >= 4 is 17.7 Å². The number of carbonyl (C=O) groups excluding carboxylic acids is 1. The summed E-state index contributed by atoms with van der Waals surface area (Å²) in [4.78, 5) is 36.2. The molecule has 4 N–H and O–H groups in total. The Morgan fingerprint density at radius 3 is 2.52 bits per heavy atom. The molecule has 1 atom stereocenters. The third-order valence-electron chi connectivity index (χ3n) is 4.91. The monoisotopic (exact) mass is 457 g/mol. The second kappa shape index (κ2) is 9.51. The van der Waals surface area contributed by atoms with E-state index < -0.39 is 47.4 Å². The Kier molecular flexibility index (Phi) is 6.76. The molecule has 172 valence electrons. The average molecular weight is 457 g/mol. The van der Waals surface area contributed by atoms with Gasteiger partial charge in [0.25, 0.3) is 5.56 Å². The molecule has 3 rings (SSSR count). The molecule has 33 heavy (non-hydrogen) atoms. The molecular weight excluding hydrogens is 436 g/mol. The minimum atomic E-state index is -1.21. The molecule has 0 spiro atoms. The molecule has 10 heteroatoms. The number of urea groups is 1. The van der Waals surface area contributed by atoms with E-state index in [1.165, 1.54) is 31.4 Å². The number of rotatable bonds is 6. The minimum Gasteiger partial charge on any atom is -0.505 e. The molecule has 0 aliphatic rings. The number of amides is 2. The standard InChI is InChI=1S/C23H21F2N3O5/c1-12-7-13(16-4-3-15(24)10-17(16)25)9-14(8-12)18(11-20(30)31)26-23(33)27-21-19(29)5-6-28(2)22(21)32/h3-10,18,29H,11H2,1-2H3,(H,30,31)(H2,26,27,33). The molecule has 8 nitrogen and oxygen atoms in total. The highest BCUT2D eigenvalue weighted by Gasteiger charge is 2.21. The number of aliphatic carboxylic acids is 1. The quantitative estimate of drug-likeness (QED) is 0.450. The first-order chi connectivity index (χ1) is 15.5. The number of nitrogens with zero attached hydrogens (tertiary/aromatic N) is 1. The van der Waals surface area contributed by atoms with Gasteiger partial charge in [0.15, 0.2) is 5.69 Å². The lowest BCUT2D eigenvalue weighted by Crippen LogP contribution is -2.36. The normalized spacial score (nSPS) is 11.6. The van der Waals surface area contributed by atoms with Gasteiger partial charge in [0.05, 0.1) is 12.5 Å². The molecule has 0 radical (unpaired) electrons. The molecule has 3 aromatic rings. The van der Waals surface area contributed by atoms with Crippen LogP contribution in [-0.2, 0) is 11.8 Å². The van der Waals surface area contributed by atoms with Crippen LogP contribution in [0.3, 0.4) is 0 Å². The lowest BCUT2D eigenvalue weighted by Gasteiger charge is -2.20. The Bertz CT molecular complexity index is 1290. The van der Waals surface area contributed by atoms with E-state index in [0.29, 0.717) is 16.7 Å². The summed E-state index contributed by atoms with van der Waals surface area (Å²) >= 11 is 0. The van der Waals surface area contributed by atoms with Gasteiger partial charge in [-0.25, -0.2) is 13.6 Å². The molecule has 1 unspecified atom stereocenters. The van der Waals surface area contributed by atoms with E-state index in [1.54, 1.807) is 19.1 Å². The fraction of sp³-hybridized carbons (Fsp3) is 0.174. The highest BCUT2D eigenvalue weighted by atomic mass is 19.1. The van der Waals surface area contributed by atoms with Crippen molar-refractivity contribution < 1.29 is 28.6 Å². The zero-order valence-corrected chi connectivity index (χ0v) is 17.7. The zero-order valence-electron chi connectivity index (χ0n) is 17.7. The predicted molar refractivity (Wildman–Crippen MR) is 117 cm³/mol. The highest BCUT2D eigenvalue weighted by molar-refractivity contribution is 5.91. The van der Waals surface area contributed by atoms with Gasteiger partial charge in [0.2, 0.25) is 0 Å². The molecule has 1 heterocycles. The van der Waals surface area contributed by atoms with E-state index >= 15 is 0 Å². The topological polar surface area (TPSA) is 121 Å². The Labute approximate surface area is 187 Å². The summed E-state index contributed by atoms with van der Waals surface area (Å²) in [6.07, 6.45) is 0.803. The van der Waals surface area contributed by atoms with Gasteiger partial charge in [-0.05, 0) is 42.3 Å². The van der Waals surface area contributed by atoms with Crippen molar-refractivity contribution in [3.63, 3.8) is 0 Å². The van der Waals surface area contributed by atoms with E-state index in [1.807, 2.05) is 0 Å². The van der Waals surface area contributed by atoms with Gasteiger partial charge >= 0.3 is 12.0 Å². The highest BCUT2D eigenvalue weighted by Crippen LogP contribution is 2.29. The Hall–Kier alpha value is -4.21. The van der Waals surface area contributed by atoms with Crippen molar-refractivity contribution in [3.8, 4) is 16.9 Å². The van der Waals surface area contributed by atoms with Gasteiger partial charge in [-0.1, -0.05) is 17.7 Å². The van der Waals surface area contributed by atoms with E-state index in [4.69, 9.17) is 0 Å². The predicted octanol–water partition coefficient (Wildman–Crippen LogP) is 3.68. The number of carbonyl (C=O) groups is 2. The van der Waals surface area contributed by atoms with Gasteiger partial charge in [0.1, 0.15) is 17.4 Å². The summed E-state index contributed by atoms with van der Waals surface area (Å²) in [6, 6.07) is 7.12. The summed E-state index contributed by atoms with van der Waals surface area (Å²) in [5.41, 5.74) is 0.455. The number of aromatic nitrogens is 1. The summed E-state index contributed by atoms with van der Waals surface area (Å²) in [7, 11) is 1.43. The van der Waals surface area contributed by atoms with Crippen molar-refractivity contribution in [2.24, 2.45) is 7.05 Å². The fourth-order valence-electron chi connectivity index (χ4n) is 3.36. The number of pyridine rings is 1. The first-order valence-electron chi connectivity index (χ1n) is 9.80. The number of aromatic hydroxyl groups is 1. The summed E-state index contributed by atoms with van der Waals surface area (Å²) in [6.45, 7) is 1.71. The number of benzene rings is 2. The molecule has 0 aliphatic heterocycles. The van der Waals surface area contributed by atoms with Crippen LogP contribution in [0, 0.1) is 18.6 Å². The molecule has 2 amide bonds. The Morgan fingerprint density at radius 2 is 1.85 bits per heavy atom. The van der Waals surface area contributed by atoms with E-state index in [0.717, 1.165) is 16.7 Å². The summed E-state index contributed by atoms with van der Waals surface area (Å²) in [5.74, 6) is -3.19. The van der Waals surface area contributed by atoms with E-state index in [2.05, 4.69) is 10.6 Å². The average Bonchev–Trinajstić information content (AvgIpc) is 2.72. The maximum Gasteiger partial charge on any atom is 0.319 e. The summed E-state index contributed by atoms with van der Waals surface area (Å²) < 4.78 is 28.7. The molecule has 0 saturated carbocycles. The number of anilines is 1. The Balaban J connectivity index is 1.94. The number of hydrogen-bond acceptors (Lipinski definition) is 4. The first kappa shape index (κ1) is 23.5. The van der Waals surface area contributed by atoms with Crippen LogP contribution in [0.2, 0.25) is 0 Å². The Morgan fingerprint density at radius 1 is 1.12 bits per heavy atom. The molecule has 0 fully saturated rings. The third-order valence-corrected chi connectivity index (χ3v) is 4.91. The lowest BCUT2D eigenvalue weighted by molar-refractivity contribution is -0.137. The van der Waals surface area contributed by atoms with Crippen LogP contribution in [0.5, 0.6) is 5.75 Å². The van der Waals surface area contributed by atoms with E-state index in [9.17, 15) is 33.4 Å². The number of aryl methyl sites for hydroxylation is 2. The van der Waals surface area contributed by atoms with Gasteiger partial charge in [-0.3, -0.25) is 9.59 Å². The molecule has 0 bridgehead atoms. The zero-order chi connectivity index (χ0) is 24.3. The largest absolute Gasteiger partial charge is 0.505 e. The van der Waals surface area contributed by atoms with Crippen molar-refractivity contribution in [3.05, 3.63) is 81.8 Å². The van der Waals surface area contributed by atoms with Crippen molar-refractivity contribution in [1.82, 2.24) is 9.88 Å². The number of halogens is 2. The van der Waals surface area contributed by atoms with Crippen LogP contribution >= 0.6 is 0 Å². The SMILES string of the molecule is Cc1cc(-c2ccc(F)cc2F)cc(C(CC(=O)O)NC(=O)Nc2c(O)ccn(C)c2=O)c1. The number of carboxylic acids is 1. The van der Waals surface area contributed by atoms with Crippen LogP contribution in [0.25, 0.3) is 11.1 Å². The number of nitrogens with one attached hydrogen (secondary N) is 2. The first-order valence-corrected chi connectivity index (χ1v) is 9.80. The lowest BCUT2D eigenvalue weighted by atomic mass is 9.95. The minimum absolute atomic E-state index is 0.109. The number of hydrogen-bond donors (Lipinski definition) is 4. The van der Waals surface area contributed by atoms with Gasteiger partial charge < -0.3 is 25.4 Å². The van der Waals surface area contributed by atoms with Crippen LogP contribution < -0.4 is 16.2 Å². The van der Waals surface area contributed by atoms with Crippen LogP contribution in [-0.4, -0.2) is 26.8 Å². The van der Waals surface area contributed by atoms with Crippen molar-refractivity contribution in [2.75, 3.05) is 5.32 Å². The summed E-state index contributed by atoms with van der Waals surface area (Å²) in [5, 5.41) is 23.9. The molecule has 0 saturated heterocycles. The molecule has 2 aromatic carbocycles. The maximum atomic E-state index is 14.3. The van der Waals surface area contributed by atoms with Crippen molar-refractivity contribution in [2.45, 2.75) is 19.4 Å². The van der Waals surface area contributed by atoms with E-state index in [-0.39, 0.29) is 11.3 Å².